The van der Waals surface area contributed by atoms with Crippen molar-refractivity contribution < 1.29 is 18.3 Å². The highest BCUT2D eigenvalue weighted by Gasteiger charge is 2.26. The lowest BCUT2D eigenvalue weighted by Crippen LogP contribution is -2.47. The number of carbonyl (C=O) groups excluding carboxylic acids is 1. The second-order valence-electron chi connectivity index (χ2n) is 5.95. The summed E-state index contributed by atoms with van der Waals surface area (Å²) in [6.07, 6.45) is -0.508. The second-order valence-corrected chi connectivity index (χ2v) is 5.95. The molecule has 2 aromatic carbocycles. The number of halogens is 2. The van der Waals surface area contributed by atoms with Crippen LogP contribution in [0.15, 0.2) is 42.5 Å². The first kappa shape index (κ1) is 17.8. The largest absolute Gasteiger partial charge is 0.370 e. The monoisotopic (exact) mass is 357 g/mol. The lowest BCUT2D eigenvalue weighted by molar-refractivity contribution is -0.0156. The Morgan fingerprint density at radius 2 is 2.12 bits per heavy atom. The summed E-state index contributed by atoms with van der Waals surface area (Å²) >= 11 is 0. The maximum absolute atomic E-state index is 13.4. The van der Waals surface area contributed by atoms with Crippen molar-refractivity contribution in [1.82, 2.24) is 10.2 Å². The van der Waals surface area contributed by atoms with Crippen molar-refractivity contribution in [3.8, 4) is 6.07 Å². The molecule has 0 saturated carbocycles. The van der Waals surface area contributed by atoms with Gasteiger partial charge in [0.15, 0.2) is 11.6 Å². The SMILES string of the molecule is N#Cc1cccc(CNC(=O)N2CCO[C@@H](c3ccc(F)c(F)c3)C2)c1. The van der Waals surface area contributed by atoms with Crippen molar-refractivity contribution in [1.29, 1.82) is 5.26 Å². The molecule has 2 aromatic rings. The van der Waals surface area contributed by atoms with Crippen LogP contribution in [-0.4, -0.2) is 30.6 Å². The zero-order valence-corrected chi connectivity index (χ0v) is 13.9. The van der Waals surface area contributed by atoms with Gasteiger partial charge in [-0.25, -0.2) is 13.6 Å². The highest BCUT2D eigenvalue weighted by atomic mass is 19.2. The Labute approximate surface area is 149 Å². The number of benzene rings is 2. The fourth-order valence-electron chi connectivity index (χ4n) is 2.79. The van der Waals surface area contributed by atoms with Gasteiger partial charge < -0.3 is 15.0 Å². The molecule has 0 bridgehead atoms. The number of urea groups is 1. The Kier molecular flexibility index (Phi) is 5.44. The van der Waals surface area contributed by atoms with E-state index in [-0.39, 0.29) is 12.6 Å². The van der Waals surface area contributed by atoms with E-state index in [1.165, 1.54) is 6.07 Å². The summed E-state index contributed by atoms with van der Waals surface area (Å²) in [5, 5.41) is 11.7. The van der Waals surface area contributed by atoms with Gasteiger partial charge in [0.25, 0.3) is 0 Å². The number of hydrogen-bond donors (Lipinski definition) is 1. The van der Waals surface area contributed by atoms with E-state index in [1.54, 1.807) is 23.1 Å². The van der Waals surface area contributed by atoms with Crippen LogP contribution in [0.2, 0.25) is 0 Å². The topological polar surface area (TPSA) is 65.4 Å². The van der Waals surface area contributed by atoms with Gasteiger partial charge in [0, 0.05) is 13.1 Å². The molecule has 2 amide bonds. The smallest absolute Gasteiger partial charge is 0.317 e. The molecular weight excluding hydrogens is 340 g/mol. The van der Waals surface area contributed by atoms with Crippen molar-refractivity contribution in [3.05, 3.63) is 70.8 Å². The summed E-state index contributed by atoms with van der Waals surface area (Å²) in [7, 11) is 0. The van der Waals surface area contributed by atoms with Gasteiger partial charge in [-0.3, -0.25) is 0 Å². The summed E-state index contributed by atoms with van der Waals surface area (Å²) < 4.78 is 32.1. The van der Waals surface area contributed by atoms with Gasteiger partial charge in [0.05, 0.1) is 24.8 Å². The van der Waals surface area contributed by atoms with Gasteiger partial charge in [0.2, 0.25) is 0 Å². The highest BCUT2D eigenvalue weighted by molar-refractivity contribution is 5.74. The quantitative estimate of drug-likeness (QED) is 0.918. The molecule has 1 N–H and O–H groups in total. The third kappa shape index (κ3) is 4.16. The van der Waals surface area contributed by atoms with Crippen LogP contribution in [0.25, 0.3) is 0 Å². The van der Waals surface area contributed by atoms with Crippen LogP contribution in [0.1, 0.15) is 22.8 Å². The maximum atomic E-state index is 13.4. The van der Waals surface area contributed by atoms with E-state index in [0.717, 1.165) is 17.7 Å². The van der Waals surface area contributed by atoms with Crippen molar-refractivity contribution >= 4 is 6.03 Å². The van der Waals surface area contributed by atoms with Crippen LogP contribution < -0.4 is 5.32 Å². The number of ether oxygens (including phenoxy) is 1. The molecule has 0 radical (unpaired) electrons. The van der Waals surface area contributed by atoms with Crippen LogP contribution in [0.4, 0.5) is 13.6 Å². The molecule has 1 saturated heterocycles. The Morgan fingerprint density at radius 3 is 2.88 bits per heavy atom. The van der Waals surface area contributed by atoms with E-state index >= 15 is 0 Å². The minimum Gasteiger partial charge on any atom is -0.370 e. The third-order valence-electron chi connectivity index (χ3n) is 4.17. The van der Waals surface area contributed by atoms with E-state index in [1.807, 2.05) is 6.07 Å². The van der Waals surface area contributed by atoms with E-state index in [0.29, 0.717) is 30.8 Å². The molecule has 3 rings (SSSR count). The van der Waals surface area contributed by atoms with Gasteiger partial charge in [-0.15, -0.1) is 0 Å². The normalized spacial score (nSPS) is 16.8. The van der Waals surface area contributed by atoms with E-state index < -0.39 is 17.7 Å². The molecule has 0 spiro atoms. The minimum absolute atomic E-state index is 0.245. The summed E-state index contributed by atoms with van der Waals surface area (Å²) in [5.41, 5.74) is 1.84. The van der Waals surface area contributed by atoms with Gasteiger partial charge >= 0.3 is 6.03 Å². The number of rotatable bonds is 3. The average molecular weight is 357 g/mol. The Morgan fingerprint density at radius 1 is 1.27 bits per heavy atom. The lowest BCUT2D eigenvalue weighted by atomic mass is 10.1. The predicted octanol–water partition coefficient (Wildman–Crippen LogP) is 3.12. The fourth-order valence-corrected chi connectivity index (χ4v) is 2.79. The van der Waals surface area contributed by atoms with Gasteiger partial charge in [-0.05, 0) is 35.4 Å². The molecule has 1 aliphatic rings. The molecule has 7 heteroatoms. The van der Waals surface area contributed by atoms with E-state index in [2.05, 4.69) is 11.4 Å². The number of amides is 2. The van der Waals surface area contributed by atoms with Crippen LogP contribution >= 0.6 is 0 Å². The summed E-state index contributed by atoms with van der Waals surface area (Å²) in [4.78, 5) is 14.0. The molecule has 1 aliphatic heterocycles. The zero-order chi connectivity index (χ0) is 18.5. The first-order chi connectivity index (χ1) is 12.6. The predicted molar refractivity (Wildman–Crippen MR) is 90.0 cm³/mol. The summed E-state index contributed by atoms with van der Waals surface area (Å²) in [5.74, 6) is -1.86. The summed E-state index contributed by atoms with van der Waals surface area (Å²) in [6.45, 7) is 1.25. The Bertz CT molecular complexity index is 851. The standard InChI is InChI=1S/C19H17F2N3O2/c20-16-5-4-15(9-17(16)21)18-12-24(6-7-26-18)19(25)23-11-14-3-1-2-13(8-14)10-22/h1-5,8-9,18H,6-7,11-12H2,(H,23,25)/t18-/m1/s1. The van der Waals surface area contributed by atoms with Gasteiger partial charge in [0.1, 0.15) is 6.10 Å². The molecule has 134 valence electrons. The molecule has 1 fully saturated rings. The Hall–Kier alpha value is -2.98. The van der Waals surface area contributed by atoms with Gasteiger partial charge in [-0.2, -0.15) is 5.26 Å². The van der Waals surface area contributed by atoms with Gasteiger partial charge in [-0.1, -0.05) is 18.2 Å². The number of nitriles is 1. The van der Waals surface area contributed by atoms with Crippen LogP contribution in [0, 0.1) is 23.0 Å². The van der Waals surface area contributed by atoms with Crippen LogP contribution in [-0.2, 0) is 11.3 Å². The molecule has 0 aromatic heterocycles. The summed E-state index contributed by atoms with van der Waals surface area (Å²) in [6, 6.07) is 12.4. The molecular formula is C19H17F2N3O2. The number of carbonyl (C=O) groups is 1. The first-order valence-electron chi connectivity index (χ1n) is 8.15. The maximum Gasteiger partial charge on any atom is 0.317 e. The fraction of sp³-hybridized carbons (Fsp3) is 0.263. The van der Waals surface area contributed by atoms with Crippen LogP contribution in [0.3, 0.4) is 0 Å². The average Bonchev–Trinajstić information content (AvgIpc) is 2.68. The number of morpholine rings is 1. The first-order valence-corrected chi connectivity index (χ1v) is 8.15. The number of nitrogens with one attached hydrogen (secondary N) is 1. The zero-order valence-electron chi connectivity index (χ0n) is 13.9. The molecule has 5 nitrogen and oxygen atoms in total. The Balaban J connectivity index is 1.60. The molecule has 0 aliphatic carbocycles. The van der Waals surface area contributed by atoms with Crippen LogP contribution in [0.5, 0.6) is 0 Å². The molecule has 1 atom stereocenters. The highest BCUT2D eigenvalue weighted by Crippen LogP contribution is 2.23. The van der Waals surface area contributed by atoms with E-state index in [9.17, 15) is 13.6 Å². The molecule has 26 heavy (non-hydrogen) atoms. The third-order valence-corrected chi connectivity index (χ3v) is 4.17. The number of hydrogen-bond acceptors (Lipinski definition) is 3. The lowest BCUT2D eigenvalue weighted by Gasteiger charge is -2.33. The molecule has 1 heterocycles. The minimum atomic E-state index is -0.940. The second kappa shape index (κ2) is 7.93. The van der Waals surface area contributed by atoms with E-state index in [4.69, 9.17) is 10.00 Å². The van der Waals surface area contributed by atoms with Crippen molar-refractivity contribution in [2.75, 3.05) is 19.7 Å². The molecule has 0 unspecified atom stereocenters. The van der Waals surface area contributed by atoms with Crippen molar-refractivity contribution in [3.63, 3.8) is 0 Å². The van der Waals surface area contributed by atoms with Crippen molar-refractivity contribution in [2.24, 2.45) is 0 Å². The number of nitrogens with zero attached hydrogens (tertiary/aromatic N) is 2. The van der Waals surface area contributed by atoms with Crippen molar-refractivity contribution in [2.45, 2.75) is 12.6 Å².